The minimum atomic E-state index is -0.310. The van der Waals surface area contributed by atoms with Gasteiger partial charge in [0.25, 0.3) is 5.91 Å². The van der Waals surface area contributed by atoms with Crippen LogP contribution in [0, 0.1) is 0 Å². The zero-order chi connectivity index (χ0) is 17.6. The third-order valence-corrected chi connectivity index (χ3v) is 3.78. The minimum Gasteiger partial charge on any atom is -0.497 e. The fraction of sp³-hybridized carbons (Fsp3) is 0.0556. The minimum absolute atomic E-state index is 0.310. The highest BCUT2D eigenvalue weighted by Crippen LogP contribution is 2.21. The maximum Gasteiger partial charge on any atom is 0.271 e. The van der Waals surface area contributed by atoms with E-state index in [0.29, 0.717) is 16.3 Å². The Morgan fingerprint density at radius 2 is 1.92 bits per heavy atom. The van der Waals surface area contributed by atoms with Crippen LogP contribution < -0.4 is 10.2 Å². The van der Waals surface area contributed by atoms with Crippen LogP contribution in [-0.4, -0.2) is 29.4 Å². The van der Waals surface area contributed by atoms with Crippen molar-refractivity contribution >= 4 is 23.7 Å². The number of H-pyrrole nitrogens is 1. The second-order valence-electron chi connectivity index (χ2n) is 5.13. The fourth-order valence-corrected chi connectivity index (χ4v) is 2.33. The number of rotatable bonds is 5. The molecule has 25 heavy (non-hydrogen) atoms. The molecule has 0 saturated heterocycles. The number of methoxy groups -OCH3 is 1. The van der Waals surface area contributed by atoms with Crippen LogP contribution in [0.3, 0.4) is 0 Å². The lowest BCUT2D eigenvalue weighted by Gasteiger charge is -2.02. The number of ether oxygens (including phenoxy) is 1. The van der Waals surface area contributed by atoms with E-state index in [9.17, 15) is 4.79 Å². The second-order valence-corrected chi connectivity index (χ2v) is 5.57. The smallest absolute Gasteiger partial charge is 0.271 e. The van der Waals surface area contributed by atoms with E-state index in [1.165, 1.54) is 6.21 Å². The van der Waals surface area contributed by atoms with Gasteiger partial charge >= 0.3 is 0 Å². The number of amides is 1. The van der Waals surface area contributed by atoms with Gasteiger partial charge in [-0.1, -0.05) is 23.7 Å². The first kappa shape index (κ1) is 16.7. The molecule has 1 aromatic heterocycles. The molecule has 0 aliphatic heterocycles. The van der Waals surface area contributed by atoms with Gasteiger partial charge in [-0.2, -0.15) is 10.2 Å². The first-order chi connectivity index (χ1) is 12.2. The third-order valence-electron chi connectivity index (χ3n) is 3.52. The molecule has 3 rings (SSSR count). The van der Waals surface area contributed by atoms with Gasteiger partial charge < -0.3 is 4.74 Å². The summed E-state index contributed by atoms with van der Waals surface area (Å²) in [5, 5.41) is 11.6. The van der Waals surface area contributed by atoms with Crippen molar-refractivity contribution in [3.8, 4) is 17.0 Å². The van der Waals surface area contributed by atoms with E-state index >= 15 is 0 Å². The van der Waals surface area contributed by atoms with Crippen LogP contribution >= 0.6 is 11.6 Å². The van der Waals surface area contributed by atoms with Gasteiger partial charge in [0.05, 0.1) is 25.2 Å². The van der Waals surface area contributed by atoms with E-state index in [0.717, 1.165) is 16.8 Å². The van der Waals surface area contributed by atoms with Gasteiger partial charge in [0.1, 0.15) is 5.75 Å². The molecule has 0 radical (unpaired) electrons. The van der Waals surface area contributed by atoms with Gasteiger partial charge in [-0.3, -0.25) is 9.89 Å². The Hall–Kier alpha value is -3.12. The molecule has 1 amide bonds. The molecule has 0 aliphatic carbocycles. The molecule has 2 N–H and O–H groups in total. The van der Waals surface area contributed by atoms with Gasteiger partial charge in [0.15, 0.2) is 0 Å². The molecule has 2 aromatic carbocycles. The highest BCUT2D eigenvalue weighted by atomic mass is 35.5. The molecular weight excluding hydrogens is 340 g/mol. The van der Waals surface area contributed by atoms with Crippen molar-refractivity contribution in [3.05, 3.63) is 70.9 Å². The molecular formula is C18H15ClN4O2. The Morgan fingerprint density at radius 3 is 2.60 bits per heavy atom. The van der Waals surface area contributed by atoms with E-state index in [1.54, 1.807) is 49.7 Å². The third kappa shape index (κ3) is 4.05. The van der Waals surface area contributed by atoms with Crippen molar-refractivity contribution in [1.29, 1.82) is 0 Å². The summed E-state index contributed by atoms with van der Waals surface area (Å²) in [6, 6.07) is 14.1. The number of aromatic amines is 1. The lowest BCUT2D eigenvalue weighted by molar-refractivity contribution is 0.0955. The van der Waals surface area contributed by atoms with E-state index in [1.807, 2.05) is 12.1 Å². The molecule has 6 nitrogen and oxygen atoms in total. The number of hydrogen-bond acceptors (Lipinski definition) is 4. The van der Waals surface area contributed by atoms with Gasteiger partial charge in [-0.05, 0) is 36.4 Å². The van der Waals surface area contributed by atoms with Gasteiger partial charge in [-0.25, -0.2) is 5.43 Å². The van der Waals surface area contributed by atoms with Crippen molar-refractivity contribution in [3.63, 3.8) is 0 Å². The highest BCUT2D eigenvalue weighted by Gasteiger charge is 2.07. The summed E-state index contributed by atoms with van der Waals surface area (Å²) in [6.07, 6.45) is 3.17. The lowest BCUT2D eigenvalue weighted by atomic mass is 10.1. The van der Waals surface area contributed by atoms with Gasteiger partial charge in [0, 0.05) is 21.7 Å². The first-order valence-electron chi connectivity index (χ1n) is 7.44. The quantitative estimate of drug-likeness (QED) is 0.543. The topological polar surface area (TPSA) is 79.4 Å². The summed E-state index contributed by atoms with van der Waals surface area (Å²) >= 11 is 5.90. The highest BCUT2D eigenvalue weighted by molar-refractivity contribution is 6.30. The Morgan fingerprint density at radius 1 is 1.20 bits per heavy atom. The van der Waals surface area contributed by atoms with Gasteiger partial charge in [-0.15, -0.1) is 0 Å². The zero-order valence-corrected chi connectivity index (χ0v) is 14.1. The molecule has 0 atom stereocenters. The molecule has 0 bridgehead atoms. The lowest BCUT2D eigenvalue weighted by Crippen LogP contribution is -2.17. The molecule has 0 spiro atoms. The fourth-order valence-electron chi connectivity index (χ4n) is 2.21. The summed E-state index contributed by atoms with van der Waals surface area (Å²) in [7, 11) is 1.57. The standard InChI is InChI=1S/C18H15ClN4O2/c1-25-16-8-4-13(5-9-16)18(24)23-21-11-14-10-20-22-17(14)12-2-6-15(19)7-3-12/h2-11H,1H3,(H,20,22)(H,23,24)/b21-11-. The van der Waals surface area contributed by atoms with Crippen molar-refractivity contribution in [1.82, 2.24) is 15.6 Å². The molecule has 0 unspecified atom stereocenters. The van der Waals surface area contributed by atoms with Gasteiger partial charge in [0.2, 0.25) is 0 Å². The summed E-state index contributed by atoms with van der Waals surface area (Å²) in [5.41, 5.74) is 5.44. The number of hydrazone groups is 1. The molecule has 0 aliphatic rings. The molecule has 0 saturated carbocycles. The van der Waals surface area contributed by atoms with Crippen molar-refractivity contribution in [2.75, 3.05) is 7.11 Å². The van der Waals surface area contributed by atoms with Crippen LogP contribution in [0.2, 0.25) is 5.02 Å². The van der Waals surface area contributed by atoms with E-state index < -0.39 is 0 Å². The number of hydrogen-bond donors (Lipinski definition) is 2. The largest absolute Gasteiger partial charge is 0.497 e. The van der Waals surface area contributed by atoms with Crippen LogP contribution in [0.5, 0.6) is 5.75 Å². The van der Waals surface area contributed by atoms with Crippen molar-refractivity contribution in [2.24, 2.45) is 5.10 Å². The van der Waals surface area contributed by atoms with E-state index in [2.05, 4.69) is 20.7 Å². The number of nitrogens with one attached hydrogen (secondary N) is 2. The Labute approximate surface area is 149 Å². The number of carbonyl (C=O) groups excluding carboxylic acids is 1. The molecule has 1 heterocycles. The molecule has 126 valence electrons. The molecule has 3 aromatic rings. The number of carbonyl (C=O) groups is 1. The monoisotopic (exact) mass is 354 g/mol. The van der Waals surface area contributed by atoms with E-state index in [4.69, 9.17) is 16.3 Å². The first-order valence-corrected chi connectivity index (χ1v) is 7.82. The maximum absolute atomic E-state index is 12.1. The Balaban J connectivity index is 1.69. The second kappa shape index (κ2) is 7.63. The average Bonchev–Trinajstić information content (AvgIpc) is 3.11. The number of halogens is 1. The van der Waals surface area contributed by atoms with Crippen LogP contribution in [0.1, 0.15) is 15.9 Å². The average molecular weight is 355 g/mol. The predicted octanol–water partition coefficient (Wildman–Crippen LogP) is 3.50. The van der Waals surface area contributed by atoms with Crippen molar-refractivity contribution in [2.45, 2.75) is 0 Å². The predicted molar refractivity (Wildman–Crippen MR) is 97.1 cm³/mol. The summed E-state index contributed by atoms with van der Waals surface area (Å²) < 4.78 is 5.06. The van der Waals surface area contributed by atoms with Crippen LogP contribution in [0.25, 0.3) is 11.3 Å². The maximum atomic E-state index is 12.1. The van der Waals surface area contributed by atoms with Crippen LogP contribution in [0.4, 0.5) is 0 Å². The van der Waals surface area contributed by atoms with Crippen LogP contribution in [-0.2, 0) is 0 Å². The summed E-state index contributed by atoms with van der Waals surface area (Å²) in [5.74, 6) is 0.376. The molecule has 7 heteroatoms. The van der Waals surface area contributed by atoms with E-state index in [-0.39, 0.29) is 5.91 Å². The molecule has 0 fully saturated rings. The number of benzene rings is 2. The van der Waals surface area contributed by atoms with Crippen molar-refractivity contribution < 1.29 is 9.53 Å². The number of nitrogens with zero attached hydrogens (tertiary/aromatic N) is 2. The SMILES string of the molecule is COc1ccc(C(=O)N/N=C\c2cn[nH]c2-c2ccc(Cl)cc2)cc1. The normalized spacial score (nSPS) is 10.8. The van der Waals surface area contributed by atoms with Crippen LogP contribution in [0.15, 0.2) is 59.8 Å². The zero-order valence-electron chi connectivity index (χ0n) is 13.4. The Bertz CT molecular complexity index is 886. The summed E-state index contributed by atoms with van der Waals surface area (Å²) in [4.78, 5) is 12.1. The Kier molecular flexibility index (Phi) is 5.11. The number of aromatic nitrogens is 2. The summed E-state index contributed by atoms with van der Waals surface area (Å²) in [6.45, 7) is 0.